The summed E-state index contributed by atoms with van der Waals surface area (Å²) in [6, 6.07) is 6.97. The molecule has 0 atom stereocenters. The first-order valence-corrected chi connectivity index (χ1v) is 11.5. The van der Waals surface area contributed by atoms with E-state index in [9.17, 15) is 9.59 Å². The largest absolute Gasteiger partial charge is 0.321 e. The van der Waals surface area contributed by atoms with Gasteiger partial charge in [-0.15, -0.1) is 0 Å². The van der Waals surface area contributed by atoms with Gasteiger partial charge in [0.25, 0.3) is 5.91 Å². The number of rotatable bonds is 4. The van der Waals surface area contributed by atoms with Crippen LogP contribution in [0.2, 0.25) is 5.02 Å². The van der Waals surface area contributed by atoms with Crippen LogP contribution in [-0.2, 0) is 4.79 Å². The Labute approximate surface area is 179 Å². The molecule has 0 aliphatic heterocycles. The average molecular weight is 430 g/mol. The highest BCUT2D eigenvalue weighted by Crippen LogP contribution is 2.60. The van der Waals surface area contributed by atoms with Crippen molar-refractivity contribution in [2.45, 2.75) is 45.4 Å². The molecule has 4 saturated carbocycles. The summed E-state index contributed by atoms with van der Waals surface area (Å²) in [4.78, 5) is 30.9. The van der Waals surface area contributed by atoms with E-state index in [1.165, 1.54) is 30.6 Å². The lowest BCUT2D eigenvalue weighted by Gasteiger charge is -2.55. The fourth-order valence-electron chi connectivity index (χ4n) is 6.00. The van der Waals surface area contributed by atoms with E-state index in [0.717, 1.165) is 19.3 Å². The van der Waals surface area contributed by atoms with Gasteiger partial charge in [-0.25, -0.2) is 4.98 Å². The van der Waals surface area contributed by atoms with Gasteiger partial charge in [0.15, 0.2) is 5.13 Å². The first-order chi connectivity index (χ1) is 13.9. The predicted molar refractivity (Wildman–Crippen MR) is 115 cm³/mol. The Balaban J connectivity index is 1.30. The zero-order valence-corrected chi connectivity index (χ0v) is 17.9. The topological polar surface area (TPSA) is 71.1 Å². The van der Waals surface area contributed by atoms with Crippen LogP contribution in [0.15, 0.2) is 24.3 Å². The minimum atomic E-state index is -0.224. The van der Waals surface area contributed by atoms with Crippen molar-refractivity contribution in [1.82, 2.24) is 4.98 Å². The minimum Gasteiger partial charge on any atom is -0.321 e. The number of hydrogen-bond acceptors (Lipinski definition) is 4. The van der Waals surface area contributed by atoms with E-state index in [2.05, 4.69) is 15.6 Å². The van der Waals surface area contributed by atoms with E-state index in [0.29, 0.717) is 44.2 Å². The van der Waals surface area contributed by atoms with Gasteiger partial charge in [0.05, 0.1) is 11.1 Å². The Morgan fingerprint density at radius 1 is 1.03 bits per heavy atom. The van der Waals surface area contributed by atoms with Crippen LogP contribution < -0.4 is 10.6 Å². The number of amides is 2. The summed E-state index contributed by atoms with van der Waals surface area (Å²) >= 11 is 7.13. The van der Waals surface area contributed by atoms with Crippen molar-refractivity contribution in [3.05, 3.63) is 39.9 Å². The molecule has 4 aliphatic carbocycles. The molecule has 2 amide bonds. The fourth-order valence-corrected chi connectivity index (χ4v) is 6.98. The molecule has 0 spiro atoms. The second-order valence-electron chi connectivity index (χ2n) is 9.05. The first-order valence-electron chi connectivity index (χ1n) is 10.3. The quantitative estimate of drug-likeness (QED) is 0.672. The molecule has 2 aromatic rings. The van der Waals surface area contributed by atoms with Crippen molar-refractivity contribution in [2.75, 3.05) is 10.6 Å². The highest BCUT2D eigenvalue weighted by molar-refractivity contribution is 7.17. The molecule has 0 radical (unpaired) electrons. The van der Waals surface area contributed by atoms with Crippen LogP contribution in [0.3, 0.4) is 0 Å². The highest BCUT2D eigenvalue weighted by atomic mass is 35.5. The number of carbonyl (C=O) groups excluding carboxylic acids is 2. The number of nitrogens with zero attached hydrogens (tertiary/aromatic N) is 1. The molecule has 4 aliphatic rings. The van der Waals surface area contributed by atoms with Gasteiger partial charge in [0, 0.05) is 10.7 Å². The maximum absolute atomic E-state index is 13.2. The van der Waals surface area contributed by atoms with Crippen molar-refractivity contribution in [3.63, 3.8) is 0 Å². The summed E-state index contributed by atoms with van der Waals surface area (Å²) in [7, 11) is 0. The molecule has 4 fully saturated rings. The van der Waals surface area contributed by atoms with Crippen LogP contribution in [0.5, 0.6) is 0 Å². The van der Waals surface area contributed by atoms with Gasteiger partial charge in [-0.1, -0.05) is 22.9 Å². The molecule has 6 rings (SSSR count). The van der Waals surface area contributed by atoms with E-state index in [1.54, 1.807) is 31.2 Å². The number of hydrogen-bond donors (Lipinski definition) is 2. The van der Waals surface area contributed by atoms with Crippen molar-refractivity contribution >= 4 is 45.6 Å². The molecule has 0 unspecified atom stereocenters. The fraction of sp³-hybridized carbons (Fsp3) is 0.500. The van der Waals surface area contributed by atoms with Crippen LogP contribution >= 0.6 is 22.9 Å². The Bertz CT molecular complexity index is 934. The lowest BCUT2D eigenvalue weighted by molar-refractivity contribution is -0.140. The number of benzene rings is 1. The molecule has 4 bridgehead atoms. The second kappa shape index (κ2) is 7.10. The lowest BCUT2D eigenvalue weighted by atomic mass is 9.49. The average Bonchev–Trinajstić information content (AvgIpc) is 3.03. The summed E-state index contributed by atoms with van der Waals surface area (Å²) in [5.41, 5.74) is 1.08. The Hall–Kier alpha value is -1.92. The summed E-state index contributed by atoms with van der Waals surface area (Å²) in [5.74, 6) is 2.02. The molecule has 1 heterocycles. The van der Waals surface area contributed by atoms with Gasteiger partial charge in [-0.3, -0.25) is 9.59 Å². The highest BCUT2D eigenvalue weighted by Gasteiger charge is 2.54. The molecule has 5 nitrogen and oxygen atoms in total. The van der Waals surface area contributed by atoms with Gasteiger partial charge in [0.2, 0.25) is 5.91 Å². The molecule has 29 heavy (non-hydrogen) atoms. The second-order valence-corrected chi connectivity index (χ2v) is 10.5. The van der Waals surface area contributed by atoms with Gasteiger partial charge >= 0.3 is 0 Å². The molecular formula is C22H24ClN3O2S. The number of aryl methyl sites for hydroxylation is 1. The Morgan fingerprint density at radius 2 is 1.62 bits per heavy atom. The Morgan fingerprint density at radius 3 is 2.21 bits per heavy atom. The third kappa shape index (κ3) is 3.57. The number of carbonyl (C=O) groups is 2. The van der Waals surface area contributed by atoms with Gasteiger partial charge < -0.3 is 10.6 Å². The smallest absolute Gasteiger partial charge is 0.267 e. The standard InChI is InChI=1S/C22H24ClN3O2S/c1-12-18(19(27)25-17-4-2-16(23)3-5-17)29-21(24-12)26-20(28)22-9-13-6-14(10-22)8-15(7-13)11-22/h2-5,13-15H,6-11H2,1H3,(H,25,27)(H,24,26,28). The monoisotopic (exact) mass is 429 g/mol. The van der Waals surface area contributed by atoms with Crippen LogP contribution in [0.1, 0.15) is 53.9 Å². The van der Waals surface area contributed by atoms with Crippen molar-refractivity contribution in [2.24, 2.45) is 23.2 Å². The summed E-state index contributed by atoms with van der Waals surface area (Å²) in [5, 5.41) is 7.05. The van der Waals surface area contributed by atoms with E-state index in [1.807, 2.05) is 0 Å². The molecular weight excluding hydrogens is 406 g/mol. The van der Waals surface area contributed by atoms with Crippen LogP contribution in [0.25, 0.3) is 0 Å². The molecule has 1 aromatic heterocycles. The van der Waals surface area contributed by atoms with E-state index >= 15 is 0 Å². The van der Waals surface area contributed by atoms with Gasteiger partial charge in [-0.2, -0.15) is 0 Å². The summed E-state index contributed by atoms with van der Waals surface area (Å²) < 4.78 is 0. The van der Waals surface area contributed by atoms with E-state index in [4.69, 9.17) is 11.6 Å². The molecule has 2 N–H and O–H groups in total. The molecule has 7 heteroatoms. The number of thiazole rings is 1. The van der Waals surface area contributed by atoms with Crippen molar-refractivity contribution < 1.29 is 9.59 Å². The Kier molecular flexibility index (Phi) is 4.67. The number of anilines is 2. The number of nitrogens with one attached hydrogen (secondary N) is 2. The first kappa shape index (κ1) is 19.1. The maximum atomic E-state index is 13.2. The number of aromatic nitrogens is 1. The van der Waals surface area contributed by atoms with Gasteiger partial charge in [-0.05, 0) is 87.5 Å². The van der Waals surface area contributed by atoms with Crippen molar-refractivity contribution in [1.29, 1.82) is 0 Å². The summed E-state index contributed by atoms with van der Waals surface area (Å²) in [6.07, 6.45) is 6.95. The molecule has 152 valence electrons. The van der Waals surface area contributed by atoms with Gasteiger partial charge in [0.1, 0.15) is 4.88 Å². The minimum absolute atomic E-state index is 0.106. The zero-order chi connectivity index (χ0) is 20.2. The number of halogens is 1. The van der Waals surface area contributed by atoms with E-state index < -0.39 is 0 Å². The normalized spacial score (nSPS) is 29.7. The SMILES string of the molecule is Cc1nc(NC(=O)C23CC4CC(CC(C4)C2)C3)sc1C(=O)Nc1ccc(Cl)cc1. The van der Waals surface area contributed by atoms with E-state index in [-0.39, 0.29) is 17.2 Å². The third-order valence-corrected chi connectivity index (χ3v) is 8.17. The van der Waals surface area contributed by atoms with Crippen LogP contribution in [-0.4, -0.2) is 16.8 Å². The van der Waals surface area contributed by atoms with Crippen molar-refractivity contribution in [3.8, 4) is 0 Å². The maximum Gasteiger partial charge on any atom is 0.267 e. The third-order valence-electron chi connectivity index (χ3n) is 6.85. The lowest BCUT2D eigenvalue weighted by Crippen LogP contribution is -2.51. The predicted octanol–water partition coefficient (Wildman–Crippen LogP) is 5.51. The summed E-state index contributed by atoms with van der Waals surface area (Å²) in [6.45, 7) is 1.80. The molecule has 1 aromatic carbocycles. The van der Waals surface area contributed by atoms with Crippen LogP contribution in [0.4, 0.5) is 10.8 Å². The zero-order valence-electron chi connectivity index (χ0n) is 16.3. The van der Waals surface area contributed by atoms with Crippen LogP contribution in [0, 0.1) is 30.1 Å². The molecule has 0 saturated heterocycles.